The quantitative estimate of drug-likeness (QED) is 0.574. The first-order valence-corrected chi connectivity index (χ1v) is 5.49. The van der Waals surface area contributed by atoms with Crippen LogP contribution in [0.1, 0.15) is 20.3 Å². The summed E-state index contributed by atoms with van der Waals surface area (Å²) in [5.41, 5.74) is 1.13. The first kappa shape index (κ1) is 12.0. The van der Waals surface area contributed by atoms with Crippen LogP contribution in [0.15, 0.2) is 40.8 Å². The largest absolute Gasteiger partial charge is 0.286 e. The van der Waals surface area contributed by atoms with Crippen molar-refractivity contribution in [1.82, 2.24) is 0 Å². The molecule has 3 heteroatoms. The van der Waals surface area contributed by atoms with Gasteiger partial charge in [0.15, 0.2) is 5.12 Å². The number of halogens is 1. The van der Waals surface area contributed by atoms with Crippen molar-refractivity contribution < 1.29 is 9.18 Å². The summed E-state index contributed by atoms with van der Waals surface area (Å²) in [7, 11) is 0. The second-order valence-electron chi connectivity index (χ2n) is 3.41. The van der Waals surface area contributed by atoms with Gasteiger partial charge in [-0.25, -0.2) is 4.39 Å². The van der Waals surface area contributed by atoms with Crippen molar-refractivity contribution in [3.8, 4) is 0 Å². The number of carbonyl (C=O) groups excluding carboxylic acids is 1. The highest BCUT2D eigenvalue weighted by atomic mass is 32.2. The molecule has 0 aliphatic heterocycles. The molecule has 80 valence electrons. The zero-order chi connectivity index (χ0) is 11.3. The van der Waals surface area contributed by atoms with Crippen LogP contribution in [0, 0.1) is 5.82 Å². The van der Waals surface area contributed by atoms with Crippen LogP contribution in [0.3, 0.4) is 0 Å². The maximum atomic E-state index is 12.6. The summed E-state index contributed by atoms with van der Waals surface area (Å²) in [6, 6.07) is 5.94. The summed E-state index contributed by atoms with van der Waals surface area (Å²) >= 11 is 1.14. The minimum absolute atomic E-state index is 0.0720. The number of hydrogen-bond acceptors (Lipinski definition) is 2. The highest BCUT2D eigenvalue weighted by molar-refractivity contribution is 8.13. The summed E-state index contributed by atoms with van der Waals surface area (Å²) in [5.74, 6) is -0.281. The molecule has 0 aliphatic rings. The molecule has 0 fully saturated rings. The van der Waals surface area contributed by atoms with Crippen LogP contribution in [0.2, 0.25) is 0 Å². The molecule has 0 spiro atoms. The minimum atomic E-state index is -0.281. The molecular formula is C12H13FOS. The van der Waals surface area contributed by atoms with Gasteiger partial charge in [0.2, 0.25) is 0 Å². The third kappa shape index (κ3) is 4.79. The smallest absolute Gasteiger partial charge is 0.197 e. The van der Waals surface area contributed by atoms with Crippen molar-refractivity contribution in [2.75, 3.05) is 0 Å². The second kappa shape index (κ2) is 5.71. The Balaban J connectivity index is 2.51. The molecule has 0 aliphatic carbocycles. The van der Waals surface area contributed by atoms with Crippen molar-refractivity contribution in [2.24, 2.45) is 0 Å². The Kier molecular flexibility index (Phi) is 4.56. The SMILES string of the molecule is CC(C)=CCC(=O)Sc1ccc(F)cc1. The zero-order valence-electron chi connectivity index (χ0n) is 8.79. The van der Waals surface area contributed by atoms with E-state index in [1.165, 1.54) is 12.1 Å². The predicted octanol–water partition coefficient (Wildman–Crippen LogP) is 3.80. The Labute approximate surface area is 93.4 Å². The van der Waals surface area contributed by atoms with E-state index in [2.05, 4.69) is 0 Å². The van der Waals surface area contributed by atoms with E-state index in [9.17, 15) is 9.18 Å². The Morgan fingerprint density at radius 1 is 1.33 bits per heavy atom. The normalized spacial score (nSPS) is 9.80. The second-order valence-corrected chi connectivity index (χ2v) is 4.54. The highest BCUT2D eigenvalue weighted by Gasteiger charge is 2.02. The van der Waals surface area contributed by atoms with Crippen molar-refractivity contribution in [1.29, 1.82) is 0 Å². The van der Waals surface area contributed by atoms with E-state index < -0.39 is 0 Å². The Morgan fingerprint density at radius 2 is 1.93 bits per heavy atom. The standard InChI is InChI=1S/C12H13FOS/c1-9(2)3-8-12(14)15-11-6-4-10(13)5-7-11/h3-7H,8H2,1-2H3. The molecule has 0 radical (unpaired) electrons. The van der Waals surface area contributed by atoms with Gasteiger partial charge in [-0.05, 0) is 38.1 Å². The lowest BCUT2D eigenvalue weighted by Crippen LogP contribution is -1.88. The van der Waals surface area contributed by atoms with E-state index in [-0.39, 0.29) is 10.9 Å². The van der Waals surface area contributed by atoms with Crippen LogP contribution < -0.4 is 0 Å². The van der Waals surface area contributed by atoms with E-state index in [1.54, 1.807) is 12.1 Å². The van der Waals surface area contributed by atoms with Gasteiger partial charge in [-0.3, -0.25) is 4.79 Å². The number of rotatable bonds is 3. The molecule has 15 heavy (non-hydrogen) atoms. The third-order valence-corrected chi connectivity index (χ3v) is 2.62. The van der Waals surface area contributed by atoms with E-state index in [0.717, 1.165) is 22.2 Å². The molecule has 0 heterocycles. The van der Waals surface area contributed by atoms with Gasteiger partial charge in [0.25, 0.3) is 0 Å². The average Bonchev–Trinajstić information content (AvgIpc) is 2.19. The summed E-state index contributed by atoms with van der Waals surface area (Å²) < 4.78 is 12.6. The molecule has 1 aromatic carbocycles. The van der Waals surface area contributed by atoms with Crippen molar-refractivity contribution in [2.45, 2.75) is 25.2 Å². The van der Waals surface area contributed by atoms with Crippen LogP contribution in [-0.2, 0) is 4.79 Å². The fraction of sp³-hybridized carbons (Fsp3) is 0.250. The molecule has 1 nitrogen and oxygen atoms in total. The van der Waals surface area contributed by atoms with Gasteiger partial charge in [0.1, 0.15) is 5.82 Å². The lowest BCUT2D eigenvalue weighted by Gasteiger charge is -1.98. The maximum Gasteiger partial charge on any atom is 0.197 e. The van der Waals surface area contributed by atoms with Crippen LogP contribution in [0.4, 0.5) is 4.39 Å². The number of allylic oxidation sites excluding steroid dienone is 2. The molecule has 0 aromatic heterocycles. The molecule has 1 rings (SSSR count). The lowest BCUT2D eigenvalue weighted by atomic mass is 10.3. The predicted molar refractivity (Wildman–Crippen MR) is 61.3 cm³/mol. The van der Waals surface area contributed by atoms with Gasteiger partial charge in [-0.2, -0.15) is 0 Å². The highest BCUT2D eigenvalue weighted by Crippen LogP contribution is 2.20. The minimum Gasteiger partial charge on any atom is -0.286 e. The third-order valence-electron chi connectivity index (χ3n) is 1.72. The van der Waals surface area contributed by atoms with Crippen LogP contribution in [-0.4, -0.2) is 5.12 Å². The lowest BCUT2D eigenvalue weighted by molar-refractivity contribution is -0.110. The molecule has 0 bridgehead atoms. The van der Waals surface area contributed by atoms with Gasteiger partial charge in [-0.15, -0.1) is 0 Å². The average molecular weight is 224 g/mol. The molecular weight excluding hydrogens is 211 g/mol. The van der Waals surface area contributed by atoms with E-state index in [0.29, 0.717) is 6.42 Å². The zero-order valence-corrected chi connectivity index (χ0v) is 9.60. The van der Waals surface area contributed by atoms with E-state index in [4.69, 9.17) is 0 Å². The Bertz CT molecular complexity index is 364. The van der Waals surface area contributed by atoms with Crippen LogP contribution >= 0.6 is 11.8 Å². The molecule has 0 atom stereocenters. The molecule has 1 aromatic rings. The van der Waals surface area contributed by atoms with Crippen molar-refractivity contribution in [3.05, 3.63) is 41.7 Å². The molecule has 0 saturated heterocycles. The summed E-state index contributed by atoms with van der Waals surface area (Å²) in [4.78, 5) is 12.2. The first-order valence-electron chi connectivity index (χ1n) is 4.67. The molecule has 0 unspecified atom stereocenters. The van der Waals surface area contributed by atoms with E-state index >= 15 is 0 Å². The summed E-state index contributed by atoms with van der Waals surface area (Å²) in [6.45, 7) is 3.91. The molecule has 0 amide bonds. The number of carbonyl (C=O) groups is 1. The first-order chi connectivity index (χ1) is 7.08. The van der Waals surface area contributed by atoms with Gasteiger partial charge >= 0.3 is 0 Å². The maximum absolute atomic E-state index is 12.6. The Morgan fingerprint density at radius 3 is 2.47 bits per heavy atom. The van der Waals surface area contributed by atoms with Gasteiger partial charge < -0.3 is 0 Å². The summed E-state index contributed by atoms with van der Waals surface area (Å²) in [6.07, 6.45) is 2.31. The summed E-state index contributed by atoms with van der Waals surface area (Å²) in [5, 5.41) is 0.0720. The number of benzene rings is 1. The molecule has 0 N–H and O–H groups in total. The van der Waals surface area contributed by atoms with Crippen LogP contribution in [0.5, 0.6) is 0 Å². The fourth-order valence-electron chi connectivity index (χ4n) is 0.963. The Hall–Kier alpha value is -1.09. The van der Waals surface area contributed by atoms with Gasteiger partial charge in [-0.1, -0.05) is 23.4 Å². The topological polar surface area (TPSA) is 17.1 Å². The van der Waals surface area contributed by atoms with Crippen molar-refractivity contribution >= 4 is 16.9 Å². The number of thioether (sulfide) groups is 1. The van der Waals surface area contributed by atoms with Crippen molar-refractivity contribution in [3.63, 3.8) is 0 Å². The fourth-order valence-corrected chi connectivity index (χ4v) is 1.66. The van der Waals surface area contributed by atoms with Crippen LogP contribution in [0.25, 0.3) is 0 Å². The monoisotopic (exact) mass is 224 g/mol. The van der Waals surface area contributed by atoms with E-state index in [1.807, 2.05) is 19.9 Å². The number of hydrogen-bond donors (Lipinski definition) is 0. The van der Waals surface area contributed by atoms with Gasteiger partial charge in [0.05, 0.1) is 0 Å². The van der Waals surface area contributed by atoms with Gasteiger partial charge in [0, 0.05) is 11.3 Å². The molecule has 0 saturated carbocycles.